The fourth-order valence-corrected chi connectivity index (χ4v) is 4.40. The van der Waals surface area contributed by atoms with Crippen molar-refractivity contribution < 1.29 is 23.1 Å². The van der Waals surface area contributed by atoms with Gasteiger partial charge in [0.2, 0.25) is 10.0 Å². The highest BCUT2D eigenvalue weighted by molar-refractivity contribution is 7.89. The number of hydrogen-bond donors (Lipinski definition) is 3. The summed E-state index contributed by atoms with van der Waals surface area (Å²) in [5, 5.41) is 12.4. The lowest BCUT2D eigenvalue weighted by Gasteiger charge is -2.31. The van der Waals surface area contributed by atoms with E-state index in [2.05, 4.69) is 10.0 Å². The third kappa shape index (κ3) is 4.30. The van der Waals surface area contributed by atoms with Crippen LogP contribution in [0.5, 0.6) is 5.75 Å². The number of methoxy groups -OCH3 is 1. The van der Waals surface area contributed by atoms with Gasteiger partial charge in [0.1, 0.15) is 5.75 Å². The van der Waals surface area contributed by atoms with Crippen molar-refractivity contribution in [2.24, 2.45) is 0 Å². The van der Waals surface area contributed by atoms with Crippen LogP contribution in [0.2, 0.25) is 5.02 Å². The first-order valence-electron chi connectivity index (χ1n) is 8.66. The average Bonchev–Trinajstić information content (AvgIpc) is 2.63. The van der Waals surface area contributed by atoms with Gasteiger partial charge in [0.15, 0.2) is 0 Å². The minimum Gasteiger partial charge on any atom is -0.496 e. The normalized spacial score (nSPS) is 19.0. The first-order chi connectivity index (χ1) is 13.2. The smallest absolute Gasteiger partial charge is 0.259 e. The second kappa shape index (κ2) is 8.08. The molecule has 0 heterocycles. The molecule has 28 heavy (non-hydrogen) atoms. The zero-order valence-electron chi connectivity index (χ0n) is 15.4. The molecule has 1 aliphatic carbocycles. The highest BCUT2D eigenvalue weighted by atomic mass is 35.5. The number of hydrogen-bond acceptors (Lipinski definition) is 5. The fourth-order valence-electron chi connectivity index (χ4n) is 2.94. The number of aliphatic hydroxyl groups is 1. The van der Waals surface area contributed by atoms with Gasteiger partial charge in [-0.3, -0.25) is 4.79 Å². The van der Waals surface area contributed by atoms with E-state index in [9.17, 15) is 18.3 Å². The zero-order chi connectivity index (χ0) is 20.5. The second-order valence-electron chi connectivity index (χ2n) is 6.70. The van der Waals surface area contributed by atoms with Crippen molar-refractivity contribution in [3.05, 3.63) is 52.5 Å². The molecule has 0 aromatic heterocycles. The molecule has 150 valence electrons. The van der Waals surface area contributed by atoms with Crippen molar-refractivity contribution in [1.82, 2.24) is 4.72 Å². The molecular formula is C19H21ClN2O5S. The molecule has 9 heteroatoms. The van der Waals surface area contributed by atoms with E-state index in [1.165, 1.54) is 25.3 Å². The van der Waals surface area contributed by atoms with Gasteiger partial charge < -0.3 is 15.2 Å². The molecule has 0 spiro atoms. The largest absolute Gasteiger partial charge is 0.496 e. The van der Waals surface area contributed by atoms with Crippen LogP contribution in [0.15, 0.2) is 41.3 Å². The molecule has 1 amide bonds. The van der Waals surface area contributed by atoms with Crippen LogP contribution in [-0.2, 0) is 10.0 Å². The van der Waals surface area contributed by atoms with E-state index in [1.807, 2.05) is 13.0 Å². The molecule has 7 nitrogen and oxygen atoms in total. The predicted molar refractivity (Wildman–Crippen MR) is 106 cm³/mol. The Bertz CT molecular complexity index is 1000. The number of anilines is 1. The van der Waals surface area contributed by atoms with E-state index in [0.29, 0.717) is 23.6 Å². The number of sulfonamides is 1. The maximum absolute atomic E-state index is 12.8. The molecule has 0 unspecified atom stereocenters. The summed E-state index contributed by atoms with van der Waals surface area (Å²) >= 11 is 6.22. The quantitative estimate of drug-likeness (QED) is 0.661. The predicted octanol–water partition coefficient (Wildman–Crippen LogP) is 2.71. The van der Waals surface area contributed by atoms with Gasteiger partial charge in [-0.15, -0.1) is 0 Å². The van der Waals surface area contributed by atoms with Gasteiger partial charge in [-0.05, 0) is 49.6 Å². The number of carbonyl (C=O) groups is 1. The minimum atomic E-state index is -3.84. The molecule has 2 aromatic carbocycles. The molecule has 1 fully saturated rings. The lowest BCUT2D eigenvalue weighted by Crippen LogP contribution is -2.46. The third-order valence-electron chi connectivity index (χ3n) is 4.60. The molecule has 0 bridgehead atoms. The first kappa shape index (κ1) is 20.6. The molecule has 3 rings (SSSR count). The highest BCUT2D eigenvalue weighted by Crippen LogP contribution is 2.29. The van der Waals surface area contributed by atoms with Gasteiger partial charge in [-0.25, -0.2) is 13.1 Å². The number of rotatable bonds is 6. The highest BCUT2D eigenvalue weighted by Gasteiger charge is 2.31. The van der Waals surface area contributed by atoms with Crippen LogP contribution in [0, 0.1) is 6.92 Å². The number of amides is 1. The van der Waals surface area contributed by atoms with Crippen LogP contribution in [0.1, 0.15) is 28.8 Å². The fraction of sp³-hybridized carbons (Fsp3) is 0.316. The van der Waals surface area contributed by atoms with Gasteiger partial charge in [-0.2, -0.15) is 0 Å². The second-order valence-corrected chi connectivity index (χ2v) is 8.79. The van der Waals surface area contributed by atoms with Crippen LogP contribution in [0.4, 0.5) is 5.69 Å². The molecule has 0 saturated heterocycles. The molecule has 0 atom stereocenters. The van der Waals surface area contributed by atoms with Crippen LogP contribution in [0.25, 0.3) is 0 Å². The molecule has 3 N–H and O–H groups in total. The summed E-state index contributed by atoms with van der Waals surface area (Å²) in [6, 6.07) is 8.97. The van der Waals surface area contributed by atoms with Gasteiger partial charge in [-0.1, -0.05) is 23.7 Å². The lowest BCUT2D eigenvalue weighted by atomic mass is 9.91. The number of ether oxygens (including phenoxy) is 1. The van der Waals surface area contributed by atoms with Crippen molar-refractivity contribution >= 4 is 33.2 Å². The Balaban J connectivity index is 1.88. The number of halogens is 1. The molecular weight excluding hydrogens is 404 g/mol. The Morgan fingerprint density at radius 1 is 1.25 bits per heavy atom. The van der Waals surface area contributed by atoms with Gasteiger partial charge >= 0.3 is 0 Å². The summed E-state index contributed by atoms with van der Waals surface area (Å²) in [4.78, 5) is 12.7. The summed E-state index contributed by atoms with van der Waals surface area (Å²) in [6.07, 6.45) is 0.257. The van der Waals surface area contributed by atoms with Gasteiger partial charge in [0.25, 0.3) is 5.91 Å². The van der Waals surface area contributed by atoms with Crippen molar-refractivity contribution in [2.45, 2.75) is 36.8 Å². The van der Waals surface area contributed by atoms with Gasteiger partial charge in [0, 0.05) is 6.04 Å². The lowest BCUT2D eigenvalue weighted by molar-refractivity contribution is 0.0712. The van der Waals surface area contributed by atoms with E-state index >= 15 is 0 Å². The third-order valence-corrected chi connectivity index (χ3v) is 6.62. The maximum Gasteiger partial charge on any atom is 0.259 e. The Hall–Kier alpha value is -2.13. The SMILES string of the molecule is COc1ccc(S(=O)(=O)N[C@H]2C[C@@H](O)C2)cc1C(=O)Nc1cccc(C)c1Cl. The van der Waals surface area contributed by atoms with Crippen molar-refractivity contribution in [3.63, 3.8) is 0 Å². The summed E-state index contributed by atoms with van der Waals surface area (Å²) in [5.41, 5.74) is 1.29. The number of aliphatic hydroxyl groups excluding tert-OH is 1. The van der Waals surface area contributed by atoms with Crippen LogP contribution in [0.3, 0.4) is 0 Å². The number of carbonyl (C=O) groups excluding carboxylic acids is 1. The Morgan fingerprint density at radius 3 is 2.61 bits per heavy atom. The van der Waals surface area contributed by atoms with E-state index < -0.39 is 22.0 Å². The van der Waals surface area contributed by atoms with Crippen molar-refractivity contribution in [3.8, 4) is 5.75 Å². The summed E-state index contributed by atoms with van der Waals surface area (Å²) in [6.45, 7) is 1.81. The molecule has 0 radical (unpaired) electrons. The van der Waals surface area contributed by atoms with Crippen molar-refractivity contribution in [1.29, 1.82) is 0 Å². The van der Waals surface area contributed by atoms with Crippen molar-refractivity contribution in [2.75, 3.05) is 12.4 Å². The topological polar surface area (TPSA) is 105 Å². The monoisotopic (exact) mass is 424 g/mol. The molecule has 1 aliphatic rings. The first-order valence-corrected chi connectivity index (χ1v) is 10.5. The number of aryl methyl sites for hydroxylation is 1. The molecule has 1 saturated carbocycles. The average molecular weight is 425 g/mol. The minimum absolute atomic E-state index is 0.0600. The number of benzene rings is 2. The summed E-state index contributed by atoms with van der Waals surface area (Å²) in [7, 11) is -2.44. The molecule has 2 aromatic rings. The standard InChI is InChI=1S/C19H21ClN2O5S/c1-11-4-3-5-16(18(11)20)21-19(24)15-10-14(6-7-17(15)27-2)28(25,26)22-12-8-13(23)9-12/h3-7,10,12-13,22-23H,8-9H2,1-2H3,(H,21,24)/t12-,13+. The Morgan fingerprint density at radius 2 is 1.96 bits per heavy atom. The Kier molecular flexibility index (Phi) is 5.95. The zero-order valence-corrected chi connectivity index (χ0v) is 17.0. The Labute approximate surface area is 168 Å². The van der Waals surface area contributed by atoms with Crippen LogP contribution >= 0.6 is 11.6 Å². The number of nitrogens with one attached hydrogen (secondary N) is 2. The molecule has 0 aliphatic heterocycles. The van der Waals surface area contributed by atoms with Crippen LogP contribution in [-0.4, -0.2) is 38.7 Å². The van der Waals surface area contributed by atoms with E-state index in [-0.39, 0.29) is 22.3 Å². The van der Waals surface area contributed by atoms with E-state index in [1.54, 1.807) is 12.1 Å². The summed E-state index contributed by atoms with van der Waals surface area (Å²) in [5.74, 6) is -0.306. The van der Waals surface area contributed by atoms with E-state index in [4.69, 9.17) is 16.3 Å². The summed E-state index contributed by atoms with van der Waals surface area (Å²) < 4.78 is 32.9. The van der Waals surface area contributed by atoms with Gasteiger partial charge in [0.05, 0.1) is 34.4 Å². The van der Waals surface area contributed by atoms with Crippen LogP contribution < -0.4 is 14.8 Å². The van der Waals surface area contributed by atoms with E-state index in [0.717, 1.165) is 5.56 Å². The maximum atomic E-state index is 12.8.